The molecule has 0 aliphatic rings. The summed E-state index contributed by atoms with van der Waals surface area (Å²) in [4.78, 5) is 25.8. The number of amides is 1. The van der Waals surface area contributed by atoms with Gasteiger partial charge in [0.05, 0.1) is 11.4 Å². The van der Waals surface area contributed by atoms with Crippen molar-refractivity contribution in [2.75, 3.05) is 24.3 Å². The summed E-state index contributed by atoms with van der Waals surface area (Å²) >= 11 is 9.26. The van der Waals surface area contributed by atoms with Crippen LogP contribution in [0.15, 0.2) is 45.8 Å². The van der Waals surface area contributed by atoms with Crippen molar-refractivity contribution in [2.45, 2.75) is 6.54 Å². The van der Waals surface area contributed by atoms with Gasteiger partial charge in [-0.05, 0) is 40.2 Å². The van der Waals surface area contributed by atoms with Crippen LogP contribution in [0.1, 0.15) is 0 Å². The number of benzene rings is 1. The molecule has 0 bridgehead atoms. The summed E-state index contributed by atoms with van der Waals surface area (Å²) in [6.07, 6.45) is 1.58. The van der Waals surface area contributed by atoms with Gasteiger partial charge in [0.15, 0.2) is 0 Å². The van der Waals surface area contributed by atoms with E-state index < -0.39 is 0 Å². The van der Waals surface area contributed by atoms with E-state index in [1.807, 2.05) is 25.1 Å². The average molecular weight is 385 g/mol. The third-order valence-electron chi connectivity index (χ3n) is 2.98. The van der Waals surface area contributed by atoms with E-state index >= 15 is 0 Å². The van der Waals surface area contributed by atoms with Crippen molar-refractivity contribution >= 4 is 44.8 Å². The number of pyridine rings is 1. The summed E-state index contributed by atoms with van der Waals surface area (Å²) in [6.45, 7) is -0.0718. The van der Waals surface area contributed by atoms with Crippen LogP contribution < -0.4 is 15.8 Å². The van der Waals surface area contributed by atoms with Crippen molar-refractivity contribution < 1.29 is 4.79 Å². The fraction of sp³-hybridized carbons (Fsp3) is 0.200. The smallest absolute Gasteiger partial charge is 0.251 e. The van der Waals surface area contributed by atoms with E-state index in [1.165, 1.54) is 10.6 Å². The maximum absolute atomic E-state index is 12.2. The standard InChI is InChI=1S/C15H15BrClN3O2/c1-19(2)13-5-4-11(17)7-12(13)18-14(21)9-20-8-10(16)3-6-15(20)22/h3-8H,9H2,1-2H3,(H,18,21). The Balaban J connectivity index is 2.21. The maximum atomic E-state index is 12.2. The van der Waals surface area contributed by atoms with E-state index in [9.17, 15) is 9.59 Å². The SMILES string of the molecule is CN(C)c1ccc(Cl)cc1NC(=O)Cn1cc(Br)ccc1=O. The van der Waals surface area contributed by atoms with Gasteiger partial charge in [-0.1, -0.05) is 11.6 Å². The minimum atomic E-state index is -0.300. The molecule has 7 heteroatoms. The number of hydrogen-bond acceptors (Lipinski definition) is 3. The summed E-state index contributed by atoms with van der Waals surface area (Å²) in [5, 5.41) is 3.32. The van der Waals surface area contributed by atoms with Gasteiger partial charge in [-0.2, -0.15) is 0 Å². The van der Waals surface area contributed by atoms with Crippen molar-refractivity contribution in [3.8, 4) is 0 Å². The Labute approximate surface area is 141 Å². The lowest BCUT2D eigenvalue weighted by Gasteiger charge is -2.18. The Kier molecular flexibility index (Phi) is 5.26. The summed E-state index contributed by atoms with van der Waals surface area (Å²) < 4.78 is 2.07. The van der Waals surface area contributed by atoms with Crippen LogP contribution in [0.4, 0.5) is 11.4 Å². The number of nitrogens with zero attached hydrogens (tertiary/aromatic N) is 2. The molecule has 0 spiro atoms. The number of halogens is 2. The first-order valence-electron chi connectivity index (χ1n) is 6.49. The largest absolute Gasteiger partial charge is 0.376 e. The zero-order valence-electron chi connectivity index (χ0n) is 12.1. The zero-order chi connectivity index (χ0) is 16.3. The van der Waals surface area contributed by atoms with Gasteiger partial charge in [-0.3, -0.25) is 9.59 Å². The maximum Gasteiger partial charge on any atom is 0.251 e. The number of carbonyl (C=O) groups excluding carboxylic acids is 1. The second kappa shape index (κ2) is 6.98. The molecule has 2 rings (SSSR count). The number of hydrogen-bond donors (Lipinski definition) is 1. The molecule has 0 aliphatic carbocycles. The van der Waals surface area contributed by atoms with Crippen molar-refractivity contribution in [3.63, 3.8) is 0 Å². The van der Waals surface area contributed by atoms with Crippen LogP contribution in [0.2, 0.25) is 5.02 Å². The molecule has 1 aromatic heterocycles. The van der Waals surface area contributed by atoms with Crippen LogP contribution in [0.5, 0.6) is 0 Å². The Bertz CT molecular complexity index is 759. The average Bonchev–Trinajstić information content (AvgIpc) is 2.42. The molecule has 0 saturated heterocycles. The number of rotatable bonds is 4. The molecule has 1 amide bonds. The molecule has 116 valence electrons. The summed E-state index contributed by atoms with van der Waals surface area (Å²) in [6, 6.07) is 8.30. The number of nitrogens with one attached hydrogen (secondary N) is 1. The quantitative estimate of drug-likeness (QED) is 0.882. The summed E-state index contributed by atoms with van der Waals surface area (Å²) in [7, 11) is 3.75. The third kappa shape index (κ3) is 4.11. The number of carbonyl (C=O) groups is 1. The molecule has 0 saturated carbocycles. The second-order valence-electron chi connectivity index (χ2n) is 4.92. The van der Waals surface area contributed by atoms with Gasteiger partial charge < -0.3 is 14.8 Å². The highest BCUT2D eigenvalue weighted by Crippen LogP contribution is 2.27. The third-order valence-corrected chi connectivity index (χ3v) is 3.68. The highest BCUT2D eigenvalue weighted by Gasteiger charge is 2.10. The van der Waals surface area contributed by atoms with Gasteiger partial charge >= 0.3 is 0 Å². The number of aromatic nitrogens is 1. The molecule has 2 aromatic rings. The fourth-order valence-electron chi connectivity index (χ4n) is 1.97. The Hall–Kier alpha value is -1.79. The van der Waals surface area contributed by atoms with E-state index in [1.54, 1.807) is 24.4 Å². The first kappa shape index (κ1) is 16.6. The first-order valence-corrected chi connectivity index (χ1v) is 7.66. The molecule has 1 N–H and O–H groups in total. The molecule has 22 heavy (non-hydrogen) atoms. The van der Waals surface area contributed by atoms with Gasteiger partial charge in [-0.25, -0.2) is 0 Å². The predicted octanol–water partition coefficient (Wildman–Crippen LogP) is 2.97. The monoisotopic (exact) mass is 383 g/mol. The predicted molar refractivity (Wildman–Crippen MR) is 92.8 cm³/mol. The van der Waals surface area contributed by atoms with Crippen molar-refractivity contribution in [2.24, 2.45) is 0 Å². The molecule has 0 aliphatic heterocycles. The van der Waals surface area contributed by atoms with E-state index in [0.717, 1.165) is 10.2 Å². The molecule has 0 unspecified atom stereocenters. The lowest BCUT2D eigenvalue weighted by atomic mass is 10.2. The second-order valence-corrected chi connectivity index (χ2v) is 6.27. The van der Waals surface area contributed by atoms with E-state index in [2.05, 4.69) is 21.2 Å². The zero-order valence-corrected chi connectivity index (χ0v) is 14.5. The Morgan fingerprint density at radius 2 is 2.05 bits per heavy atom. The highest BCUT2D eigenvalue weighted by atomic mass is 79.9. The summed E-state index contributed by atoms with van der Waals surface area (Å²) in [5.41, 5.74) is 1.20. The molecular weight excluding hydrogens is 370 g/mol. The lowest BCUT2D eigenvalue weighted by molar-refractivity contribution is -0.116. The minimum absolute atomic E-state index is 0.0718. The van der Waals surface area contributed by atoms with Crippen LogP contribution >= 0.6 is 27.5 Å². The van der Waals surface area contributed by atoms with Crippen LogP contribution in [0.25, 0.3) is 0 Å². The van der Waals surface area contributed by atoms with Crippen LogP contribution in [-0.2, 0) is 11.3 Å². The van der Waals surface area contributed by atoms with Gasteiger partial charge in [0, 0.05) is 35.9 Å². The minimum Gasteiger partial charge on any atom is -0.376 e. The fourth-order valence-corrected chi connectivity index (χ4v) is 2.52. The van der Waals surface area contributed by atoms with Crippen molar-refractivity contribution in [1.82, 2.24) is 4.57 Å². The number of anilines is 2. The normalized spacial score (nSPS) is 10.4. The topological polar surface area (TPSA) is 54.3 Å². The summed E-state index contributed by atoms with van der Waals surface area (Å²) in [5.74, 6) is -0.300. The van der Waals surface area contributed by atoms with Crippen molar-refractivity contribution in [1.29, 1.82) is 0 Å². The molecule has 0 fully saturated rings. The molecule has 1 heterocycles. The molecule has 1 aromatic carbocycles. The van der Waals surface area contributed by atoms with Crippen LogP contribution in [-0.4, -0.2) is 24.6 Å². The Morgan fingerprint density at radius 3 is 2.73 bits per heavy atom. The van der Waals surface area contributed by atoms with E-state index in [4.69, 9.17) is 11.6 Å². The molecule has 0 atom stereocenters. The van der Waals surface area contributed by atoms with Gasteiger partial charge in [0.2, 0.25) is 5.91 Å². The first-order chi connectivity index (χ1) is 10.4. The molecule has 0 radical (unpaired) electrons. The van der Waals surface area contributed by atoms with Gasteiger partial charge in [0.1, 0.15) is 6.54 Å². The van der Waals surface area contributed by atoms with Gasteiger partial charge in [-0.15, -0.1) is 0 Å². The molecular formula is C15H15BrClN3O2. The van der Waals surface area contributed by atoms with Gasteiger partial charge in [0.25, 0.3) is 5.56 Å². The highest BCUT2D eigenvalue weighted by molar-refractivity contribution is 9.10. The van der Waals surface area contributed by atoms with Crippen LogP contribution in [0.3, 0.4) is 0 Å². The Morgan fingerprint density at radius 1 is 1.32 bits per heavy atom. The van der Waals surface area contributed by atoms with Crippen molar-refractivity contribution in [3.05, 3.63) is 56.4 Å². The lowest BCUT2D eigenvalue weighted by Crippen LogP contribution is -2.27. The molecule has 5 nitrogen and oxygen atoms in total. The van der Waals surface area contributed by atoms with Crippen LogP contribution in [0, 0.1) is 0 Å². The van der Waals surface area contributed by atoms with E-state index in [-0.39, 0.29) is 18.0 Å². The van der Waals surface area contributed by atoms with E-state index in [0.29, 0.717) is 10.7 Å².